The topological polar surface area (TPSA) is 24.4 Å². The van der Waals surface area contributed by atoms with Gasteiger partial charge >= 0.3 is 0 Å². The molecule has 0 aliphatic heterocycles. The van der Waals surface area contributed by atoms with Gasteiger partial charge in [-0.05, 0) is 52.1 Å². The Labute approximate surface area is 171 Å². The van der Waals surface area contributed by atoms with E-state index in [-0.39, 0.29) is 5.92 Å². The Hall–Kier alpha value is -3.65. The van der Waals surface area contributed by atoms with Gasteiger partial charge in [-0.1, -0.05) is 90.5 Å². The summed E-state index contributed by atoms with van der Waals surface area (Å²) in [5.41, 5.74) is 10.7. The summed E-state index contributed by atoms with van der Waals surface area (Å²) in [7, 11) is 0. The van der Waals surface area contributed by atoms with Crippen molar-refractivity contribution in [3.63, 3.8) is 0 Å². The lowest BCUT2D eigenvalue weighted by atomic mass is 9.86. The van der Waals surface area contributed by atoms with E-state index >= 15 is 0 Å². The molecular weight excluding hydrogens is 352 g/mol. The van der Waals surface area contributed by atoms with Gasteiger partial charge in [-0.25, -0.2) is 0 Å². The number of fused-ring (bicyclic) bond motifs is 2. The number of anilines is 1. The first-order chi connectivity index (χ1) is 14.3. The fourth-order valence-electron chi connectivity index (χ4n) is 4.22. The van der Waals surface area contributed by atoms with Gasteiger partial charge in [0, 0.05) is 5.92 Å². The number of hydrazone groups is 1. The van der Waals surface area contributed by atoms with E-state index in [1.165, 1.54) is 33.0 Å². The zero-order chi connectivity index (χ0) is 19.6. The van der Waals surface area contributed by atoms with Gasteiger partial charge in [-0.3, -0.25) is 5.43 Å². The monoisotopic (exact) mass is 374 g/mol. The maximum absolute atomic E-state index is 4.54. The van der Waals surface area contributed by atoms with E-state index in [4.69, 9.17) is 0 Å². The molecule has 0 amide bonds. The van der Waals surface area contributed by atoms with Crippen LogP contribution in [-0.2, 0) is 0 Å². The van der Waals surface area contributed by atoms with Gasteiger partial charge < -0.3 is 0 Å². The Kier molecular flexibility index (Phi) is 4.45. The molecule has 4 aromatic rings. The molecule has 0 bridgehead atoms. The van der Waals surface area contributed by atoms with Crippen molar-refractivity contribution in [3.8, 4) is 0 Å². The minimum Gasteiger partial charge on any atom is -0.278 e. The summed E-state index contributed by atoms with van der Waals surface area (Å²) in [5.74, 6) is 0.287. The predicted octanol–water partition coefficient (Wildman–Crippen LogP) is 6.83. The molecule has 140 valence electrons. The molecule has 1 N–H and O–H groups in total. The standard InChI is InChI=1S/C27H22N2/c1-19-16-22-10-4-6-12-25(22)27(19)26-13-7-5-11-23(26)18-28-29-24-15-14-20-8-2-3-9-21(20)17-24/h2-18,27,29H,1H3. The van der Waals surface area contributed by atoms with E-state index in [1.54, 1.807) is 0 Å². The minimum absolute atomic E-state index is 0.287. The maximum Gasteiger partial charge on any atom is 0.0568 e. The number of benzene rings is 4. The van der Waals surface area contributed by atoms with Crippen LogP contribution in [0.1, 0.15) is 35.1 Å². The van der Waals surface area contributed by atoms with Crippen molar-refractivity contribution in [1.82, 2.24) is 0 Å². The number of rotatable bonds is 4. The lowest BCUT2D eigenvalue weighted by Gasteiger charge is -2.17. The second kappa shape index (κ2) is 7.40. The Morgan fingerprint density at radius 1 is 0.759 bits per heavy atom. The number of hydrogen-bond donors (Lipinski definition) is 1. The SMILES string of the molecule is CC1=Cc2ccccc2C1c1ccccc1C=NNc1ccc2ccccc2c1. The largest absolute Gasteiger partial charge is 0.278 e. The van der Waals surface area contributed by atoms with E-state index in [0.717, 1.165) is 11.3 Å². The van der Waals surface area contributed by atoms with Crippen LogP contribution in [0.15, 0.2) is 102 Å². The fourth-order valence-corrected chi connectivity index (χ4v) is 4.22. The zero-order valence-corrected chi connectivity index (χ0v) is 16.3. The number of hydrogen-bond acceptors (Lipinski definition) is 2. The molecule has 1 unspecified atom stereocenters. The van der Waals surface area contributed by atoms with Crippen LogP contribution in [0.5, 0.6) is 0 Å². The van der Waals surface area contributed by atoms with Crippen LogP contribution in [0.3, 0.4) is 0 Å². The molecule has 0 saturated heterocycles. The summed E-state index contributed by atoms with van der Waals surface area (Å²) in [6, 6.07) is 31.8. The van der Waals surface area contributed by atoms with Gasteiger partial charge in [0.1, 0.15) is 0 Å². The van der Waals surface area contributed by atoms with Gasteiger partial charge in [-0.2, -0.15) is 5.10 Å². The van der Waals surface area contributed by atoms with Crippen molar-refractivity contribution in [2.24, 2.45) is 5.10 Å². The average Bonchev–Trinajstić information content (AvgIpc) is 3.09. The van der Waals surface area contributed by atoms with E-state index in [0.29, 0.717) is 0 Å². The summed E-state index contributed by atoms with van der Waals surface area (Å²) >= 11 is 0. The summed E-state index contributed by atoms with van der Waals surface area (Å²) in [6.45, 7) is 2.21. The van der Waals surface area contributed by atoms with Crippen molar-refractivity contribution < 1.29 is 0 Å². The fraction of sp³-hybridized carbons (Fsp3) is 0.0741. The molecule has 1 aliphatic carbocycles. The molecule has 0 aromatic heterocycles. The highest BCUT2D eigenvalue weighted by Crippen LogP contribution is 2.41. The smallest absolute Gasteiger partial charge is 0.0568 e. The highest BCUT2D eigenvalue weighted by Gasteiger charge is 2.25. The molecular formula is C27H22N2. The Bertz CT molecular complexity index is 1250. The minimum atomic E-state index is 0.287. The zero-order valence-electron chi connectivity index (χ0n) is 16.3. The second-order valence-corrected chi connectivity index (χ2v) is 7.51. The van der Waals surface area contributed by atoms with Crippen LogP contribution in [0, 0.1) is 0 Å². The summed E-state index contributed by atoms with van der Waals surface area (Å²) < 4.78 is 0. The average molecular weight is 374 g/mol. The maximum atomic E-state index is 4.54. The molecule has 0 heterocycles. The summed E-state index contributed by atoms with van der Waals surface area (Å²) in [6.07, 6.45) is 4.22. The molecule has 2 nitrogen and oxygen atoms in total. The van der Waals surface area contributed by atoms with Crippen molar-refractivity contribution in [2.45, 2.75) is 12.8 Å². The van der Waals surface area contributed by atoms with Gasteiger partial charge in [0.15, 0.2) is 0 Å². The third-order valence-electron chi connectivity index (χ3n) is 5.60. The van der Waals surface area contributed by atoms with Crippen LogP contribution in [0.2, 0.25) is 0 Å². The highest BCUT2D eigenvalue weighted by molar-refractivity contribution is 5.87. The molecule has 0 radical (unpaired) electrons. The molecule has 1 aliphatic rings. The molecule has 0 saturated carbocycles. The number of allylic oxidation sites excluding steroid dienone is 1. The van der Waals surface area contributed by atoms with E-state index in [9.17, 15) is 0 Å². The third kappa shape index (κ3) is 3.34. The number of nitrogens with zero attached hydrogens (tertiary/aromatic N) is 1. The van der Waals surface area contributed by atoms with Crippen LogP contribution >= 0.6 is 0 Å². The molecule has 2 heteroatoms. The van der Waals surface area contributed by atoms with Crippen LogP contribution < -0.4 is 5.43 Å². The van der Waals surface area contributed by atoms with E-state index in [2.05, 4.69) is 115 Å². The van der Waals surface area contributed by atoms with Crippen LogP contribution in [0.25, 0.3) is 16.8 Å². The lowest BCUT2D eigenvalue weighted by Crippen LogP contribution is -2.04. The highest BCUT2D eigenvalue weighted by atomic mass is 15.3. The molecule has 0 spiro atoms. The molecule has 4 aromatic carbocycles. The number of nitrogens with one attached hydrogen (secondary N) is 1. The molecule has 0 fully saturated rings. The van der Waals surface area contributed by atoms with Gasteiger partial charge in [0.2, 0.25) is 0 Å². The van der Waals surface area contributed by atoms with Crippen LogP contribution in [0.4, 0.5) is 5.69 Å². The van der Waals surface area contributed by atoms with Crippen molar-refractivity contribution in [1.29, 1.82) is 0 Å². The normalized spacial score (nSPS) is 15.5. The first-order valence-corrected chi connectivity index (χ1v) is 9.93. The quantitative estimate of drug-likeness (QED) is 0.307. The van der Waals surface area contributed by atoms with Crippen LogP contribution in [-0.4, -0.2) is 6.21 Å². The van der Waals surface area contributed by atoms with E-state index < -0.39 is 0 Å². The molecule has 5 rings (SSSR count). The van der Waals surface area contributed by atoms with Crippen molar-refractivity contribution in [2.75, 3.05) is 5.43 Å². The third-order valence-corrected chi connectivity index (χ3v) is 5.60. The Balaban J connectivity index is 1.43. The summed E-state index contributed by atoms with van der Waals surface area (Å²) in [4.78, 5) is 0. The molecule has 29 heavy (non-hydrogen) atoms. The predicted molar refractivity (Wildman–Crippen MR) is 124 cm³/mol. The van der Waals surface area contributed by atoms with Gasteiger partial charge in [0.25, 0.3) is 0 Å². The Morgan fingerprint density at radius 3 is 2.38 bits per heavy atom. The molecule has 1 atom stereocenters. The lowest BCUT2D eigenvalue weighted by molar-refractivity contribution is 0.974. The van der Waals surface area contributed by atoms with Gasteiger partial charge in [0.05, 0.1) is 11.9 Å². The Morgan fingerprint density at radius 2 is 1.48 bits per heavy atom. The first-order valence-electron chi connectivity index (χ1n) is 9.93. The van der Waals surface area contributed by atoms with E-state index in [1.807, 2.05) is 6.21 Å². The van der Waals surface area contributed by atoms with Crippen molar-refractivity contribution in [3.05, 3.63) is 119 Å². The first kappa shape index (κ1) is 17.4. The second-order valence-electron chi connectivity index (χ2n) is 7.51. The van der Waals surface area contributed by atoms with Gasteiger partial charge in [-0.15, -0.1) is 0 Å². The van der Waals surface area contributed by atoms with Crippen molar-refractivity contribution >= 4 is 28.8 Å². The summed E-state index contributed by atoms with van der Waals surface area (Å²) in [5, 5.41) is 6.97.